The van der Waals surface area contributed by atoms with E-state index in [2.05, 4.69) is 13.8 Å². The van der Waals surface area contributed by atoms with Gasteiger partial charge >= 0.3 is 0 Å². The Morgan fingerprint density at radius 2 is 2.20 bits per heavy atom. The molecule has 0 bridgehead atoms. The lowest BCUT2D eigenvalue weighted by Crippen LogP contribution is -2.28. The summed E-state index contributed by atoms with van der Waals surface area (Å²) in [6.45, 7) is 5.00. The van der Waals surface area contributed by atoms with Crippen LogP contribution < -0.4 is 5.73 Å². The third-order valence-electron chi connectivity index (χ3n) is 5.36. The molecule has 2 aliphatic carbocycles. The van der Waals surface area contributed by atoms with E-state index in [0.717, 1.165) is 12.8 Å². The van der Waals surface area contributed by atoms with Crippen molar-refractivity contribution in [3.63, 3.8) is 0 Å². The van der Waals surface area contributed by atoms with Crippen LogP contribution in [0.3, 0.4) is 0 Å². The van der Waals surface area contributed by atoms with E-state index in [0.29, 0.717) is 23.3 Å². The van der Waals surface area contributed by atoms with Gasteiger partial charge in [-0.2, -0.15) is 0 Å². The molecule has 0 aliphatic heterocycles. The van der Waals surface area contributed by atoms with Crippen LogP contribution in [0, 0.1) is 11.3 Å². The normalized spacial score (nSPS) is 28.4. The molecule has 2 atom stereocenters. The standard InChI is InChI=1S/C20H29ClFNO2/c1-3-14-7-5-4-6-10-20(2,12-14)13-25-18-11-17(22)15(19(23)24)8-9-16(18)21/h8,11,14H,3-7,9-10,12-13H2,1-2H3,(H2,23,24). The molecule has 3 nitrogen and oxygen atoms in total. The quantitative estimate of drug-likeness (QED) is 0.694. The first-order valence-electron chi connectivity index (χ1n) is 9.23. The number of nitrogens with two attached hydrogens (primary N) is 1. The van der Waals surface area contributed by atoms with Gasteiger partial charge in [-0.25, -0.2) is 4.39 Å². The fourth-order valence-electron chi connectivity index (χ4n) is 3.79. The zero-order valence-electron chi connectivity index (χ0n) is 15.2. The van der Waals surface area contributed by atoms with Gasteiger partial charge in [0.05, 0.1) is 17.2 Å². The second-order valence-corrected chi connectivity index (χ2v) is 8.08. The molecule has 0 aromatic carbocycles. The van der Waals surface area contributed by atoms with E-state index in [1.807, 2.05) is 0 Å². The number of ether oxygens (including phenoxy) is 1. The van der Waals surface area contributed by atoms with Crippen LogP contribution in [-0.2, 0) is 9.53 Å². The summed E-state index contributed by atoms with van der Waals surface area (Å²) in [7, 11) is 0. The van der Waals surface area contributed by atoms with Crippen molar-refractivity contribution in [3.05, 3.63) is 34.3 Å². The van der Waals surface area contributed by atoms with Gasteiger partial charge in [-0.1, -0.05) is 63.6 Å². The molecule has 1 amide bonds. The van der Waals surface area contributed by atoms with Crippen molar-refractivity contribution in [3.8, 4) is 0 Å². The maximum atomic E-state index is 14.2. The average molecular weight is 370 g/mol. The van der Waals surface area contributed by atoms with E-state index in [1.54, 1.807) is 0 Å². The van der Waals surface area contributed by atoms with Gasteiger partial charge in [0.25, 0.3) is 5.91 Å². The van der Waals surface area contributed by atoms with Crippen LogP contribution in [0.2, 0.25) is 0 Å². The van der Waals surface area contributed by atoms with Gasteiger partial charge in [-0.05, 0) is 18.8 Å². The van der Waals surface area contributed by atoms with Crippen molar-refractivity contribution < 1.29 is 13.9 Å². The first-order valence-corrected chi connectivity index (χ1v) is 9.61. The smallest absolute Gasteiger partial charge is 0.251 e. The highest BCUT2D eigenvalue weighted by molar-refractivity contribution is 6.30. The van der Waals surface area contributed by atoms with Gasteiger partial charge in [0.2, 0.25) is 0 Å². The highest BCUT2D eigenvalue weighted by Gasteiger charge is 2.30. The summed E-state index contributed by atoms with van der Waals surface area (Å²) < 4.78 is 20.1. The van der Waals surface area contributed by atoms with E-state index < -0.39 is 11.7 Å². The Bertz CT molecular complexity index is 597. The molecule has 0 radical (unpaired) electrons. The lowest BCUT2D eigenvalue weighted by Gasteiger charge is -2.35. The van der Waals surface area contributed by atoms with Crippen LogP contribution in [0.1, 0.15) is 65.2 Å². The molecule has 0 saturated heterocycles. The van der Waals surface area contributed by atoms with Crippen LogP contribution in [-0.4, -0.2) is 12.5 Å². The summed E-state index contributed by atoms with van der Waals surface area (Å²) in [4.78, 5) is 11.3. The summed E-state index contributed by atoms with van der Waals surface area (Å²) in [5.41, 5.74) is 5.12. The molecular weight excluding hydrogens is 341 g/mol. The van der Waals surface area contributed by atoms with Gasteiger partial charge in [0.1, 0.15) is 11.6 Å². The lowest BCUT2D eigenvalue weighted by molar-refractivity contribution is -0.114. The molecule has 2 unspecified atom stereocenters. The Balaban J connectivity index is 2.09. The summed E-state index contributed by atoms with van der Waals surface area (Å²) in [5.74, 6) is -0.462. The van der Waals surface area contributed by atoms with Gasteiger partial charge in [-0.3, -0.25) is 4.79 Å². The number of carbonyl (C=O) groups excluding carboxylic acids is 1. The van der Waals surface area contributed by atoms with E-state index in [9.17, 15) is 9.18 Å². The van der Waals surface area contributed by atoms with Crippen LogP contribution in [0.25, 0.3) is 0 Å². The van der Waals surface area contributed by atoms with E-state index in [1.165, 1.54) is 44.3 Å². The van der Waals surface area contributed by atoms with E-state index in [-0.39, 0.29) is 17.4 Å². The molecule has 0 aromatic heterocycles. The zero-order valence-corrected chi connectivity index (χ0v) is 16.0. The van der Waals surface area contributed by atoms with Crippen molar-refractivity contribution in [2.24, 2.45) is 17.1 Å². The molecule has 2 rings (SSSR count). The molecule has 25 heavy (non-hydrogen) atoms. The summed E-state index contributed by atoms with van der Waals surface area (Å²) in [5, 5.41) is 0.396. The largest absolute Gasteiger partial charge is 0.492 e. The number of allylic oxidation sites excluding steroid dienone is 3. The topological polar surface area (TPSA) is 52.3 Å². The minimum Gasteiger partial charge on any atom is -0.492 e. The lowest BCUT2D eigenvalue weighted by atomic mass is 9.73. The Hall–Kier alpha value is -1.29. The highest BCUT2D eigenvalue weighted by atomic mass is 35.5. The fraction of sp³-hybridized carbons (Fsp3) is 0.650. The number of primary amides is 1. The minimum absolute atomic E-state index is 0.0574. The SMILES string of the molecule is CCC1CCCCCC(C)(COC2=C(Cl)CC=C(C(N)=O)C(F)=C2)C1. The predicted molar refractivity (Wildman–Crippen MR) is 99.5 cm³/mol. The number of rotatable bonds is 5. The van der Waals surface area contributed by atoms with Crippen LogP contribution in [0.5, 0.6) is 0 Å². The Kier molecular flexibility index (Phi) is 7.12. The van der Waals surface area contributed by atoms with E-state index >= 15 is 0 Å². The van der Waals surface area contributed by atoms with Crippen molar-refractivity contribution in [2.75, 3.05) is 6.61 Å². The fourth-order valence-corrected chi connectivity index (χ4v) is 3.98. The number of amides is 1. The minimum atomic E-state index is -0.794. The highest BCUT2D eigenvalue weighted by Crippen LogP contribution is 2.39. The van der Waals surface area contributed by atoms with Crippen LogP contribution >= 0.6 is 11.6 Å². The summed E-state index contributed by atoms with van der Waals surface area (Å²) in [6, 6.07) is 0. The Morgan fingerprint density at radius 1 is 1.44 bits per heavy atom. The van der Waals surface area contributed by atoms with Crippen molar-refractivity contribution in [1.29, 1.82) is 0 Å². The monoisotopic (exact) mass is 369 g/mol. The molecule has 1 saturated carbocycles. The number of carbonyl (C=O) groups is 1. The predicted octanol–water partition coefficient (Wildman–Crippen LogP) is 5.51. The molecule has 2 N–H and O–H groups in total. The molecule has 0 aromatic rings. The molecule has 1 fully saturated rings. The molecule has 5 heteroatoms. The summed E-state index contributed by atoms with van der Waals surface area (Å²) in [6.07, 6.45) is 11.3. The molecular formula is C20H29ClFNO2. The van der Waals surface area contributed by atoms with Crippen molar-refractivity contribution in [2.45, 2.75) is 65.2 Å². The second kappa shape index (κ2) is 8.88. The third kappa shape index (κ3) is 5.60. The Morgan fingerprint density at radius 3 is 2.88 bits per heavy atom. The first-order chi connectivity index (χ1) is 11.8. The van der Waals surface area contributed by atoms with Gasteiger partial charge < -0.3 is 10.5 Å². The molecule has 140 valence electrons. The average Bonchev–Trinajstić information content (AvgIpc) is 2.68. The summed E-state index contributed by atoms with van der Waals surface area (Å²) >= 11 is 6.25. The van der Waals surface area contributed by atoms with E-state index in [4.69, 9.17) is 22.1 Å². The molecule has 0 heterocycles. The molecule has 2 aliphatic rings. The maximum Gasteiger partial charge on any atom is 0.251 e. The third-order valence-corrected chi connectivity index (χ3v) is 5.70. The maximum absolute atomic E-state index is 14.2. The number of hydrogen-bond acceptors (Lipinski definition) is 2. The van der Waals surface area contributed by atoms with Crippen molar-refractivity contribution >= 4 is 17.5 Å². The van der Waals surface area contributed by atoms with Crippen LogP contribution in [0.15, 0.2) is 34.3 Å². The number of halogens is 2. The van der Waals surface area contributed by atoms with Crippen molar-refractivity contribution in [1.82, 2.24) is 0 Å². The molecule has 0 spiro atoms. The number of hydrogen-bond donors (Lipinski definition) is 1. The van der Waals surface area contributed by atoms with Gasteiger partial charge in [0, 0.05) is 17.9 Å². The Labute approximate surface area is 155 Å². The second-order valence-electron chi connectivity index (χ2n) is 7.62. The zero-order chi connectivity index (χ0) is 18.4. The van der Waals surface area contributed by atoms with Crippen LogP contribution in [0.4, 0.5) is 4.39 Å². The van der Waals surface area contributed by atoms with Gasteiger partial charge in [0.15, 0.2) is 0 Å². The van der Waals surface area contributed by atoms with Gasteiger partial charge in [-0.15, -0.1) is 0 Å². The first kappa shape index (κ1) is 20.0.